The lowest BCUT2D eigenvalue weighted by atomic mass is 9.97. The van der Waals surface area contributed by atoms with Crippen molar-refractivity contribution in [2.45, 2.75) is 330 Å². The molecule has 1 fully saturated rings. The maximum atomic E-state index is 5.63. The van der Waals surface area contributed by atoms with Crippen LogP contribution in [-0.4, -0.2) is 32.2 Å². The van der Waals surface area contributed by atoms with Crippen LogP contribution < -0.4 is 28.7 Å². The highest BCUT2D eigenvalue weighted by molar-refractivity contribution is 5.15. The number of aryl methyl sites for hydroxylation is 2. The molecule has 0 unspecified atom stereocenters. The third-order valence-corrected chi connectivity index (χ3v) is 13.5. The average molecular weight is 1010 g/mol. The summed E-state index contributed by atoms with van der Waals surface area (Å²) in [5.41, 5.74) is 30.1. The van der Waals surface area contributed by atoms with Gasteiger partial charge in [-0.05, 0) is 95.1 Å². The Labute approximate surface area is 454 Å². The molecule has 10 N–H and O–H groups in total. The van der Waals surface area contributed by atoms with Crippen LogP contribution in [0.25, 0.3) is 0 Å². The number of unbranched alkanes of at least 4 members (excludes halogenated alkanes) is 31. The van der Waals surface area contributed by atoms with Crippen LogP contribution in [0.2, 0.25) is 0 Å². The summed E-state index contributed by atoms with van der Waals surface area (Å²) in [5.74, 6) is 0. The molecule has 428 valence electrons. The highest BCUT2D eigenvalue weighted by atomic mass is 14.6. The monoisotopic (exact) mass is 1010 g/mol. The van der Waals surface area contributed by atoms with Crippen molar-refractivity contribution in [2.75, 3.05) is 26.2 Å². The molecule has 2 aromatic rings. The van der Waals surface area contributed by atoms with Gasteiger partial charge in [-0.15, -0.1) is 0 Å². The van der Waals surface area contributed by atoms with E-state index in [-0.39, 0.29) is 0 Å². The summed E-state index contributed by atoms with van der Waals surface area (Å²) in [5, 5.41) is 0. The molecule has 0 spiro atoms. The molecule has 0 aliphatic heterocycles. The minimum absolute atomic E-state index is 0.536. The smallest absolute Gasteiger partial charge is 0.00388 e. The number of nitrogens with two attached hydrogens (primary N) is 5. The van der Waals surface area contributed by atoms with Crippen molar-refractivity contribution in [1.29, 1.82) is 0 Å². The second-order valence-electron chi connectivity index (χ2n) is 21.0. The van der Waals surface area contributed by atoms with Gasteiger partial charge in [-0.25, -0.2) is 0 Å². The normalized spacial score (nSPS) is 11.7. The molecule has 1 aliphatic rings. The summed E-state index contributed by atoms with van der Waals surface area (Å²) in [6.45, 7) is 16.8. The Morgan fingerprint density at radius 3 is 0.750 bits per heavy atom. The van der Waals surface area contributed by atoms with Gasteiger partial charge in [0.2, 0.25) is 0 Å². The Bertz CT molecular complexity index is 1080. The Morgan fingerprint density at radius 2 is 0.514 bits per heavy atom. The van der Waals surface area contributed by atoms with E-state index in [1.807, 2.05) is 12.1 Å². The van der Waals surface area contributed by atoms with E-state index in [0.717, 1.165) is 51.9 Å². The first-order valence-electron chi connectivity index (χ1n) is 32.1. The summed E-state index contributed by atoms with van der Waals surface area (Å²) >= 11 is 0. The van der Waals surface area contributed by atoms with E-state index in [1.54, 1.807) is 0 Å². The third-order valence-electron chi connectivity index (χ3n) is 13.5. The van der Waals surface area contributed by atoms with Gasteiger partial charge in [-0.2, -0.15) is 0 Å². The van der Waals surface area contributed by atoms with E-state index in [0.29, 0.717) is 6.04 Å². The van der Waals surface area contributed by atoms with E-state index in [1.165, 1.54) is 268 Å². The maximum Gasteiger partial charge on any atom is 0.00388 e. The molecule has 0 saturated heterocycles. The molecule has 5 heteroatoms. The SMILES string of the molecule is CCCCC.CCCCCCC.CCCCCCCCCCCCCCCCCCN.CCCCCCCCCCCCN.NC1CCCCC1.NCCCCc1ccccc1.NCCCc1ccccc1. The maximum absolute atomic E-state index is 5.63. The average Bonchev–Trinajstić information content (AvgIpc) is 3.41. The van der Waals surface area contributed by atoms with Gasteiger partial charge in [-0.1, -0.05) is 327 Å². The van der Waals surface area contributed by atoms with Gasteiger partial charge in [0.05, 0.1) is 0 Å². The predicted octanol–water partition coefficient (Wildman–Crippen LogP) is 20.1. The molecule has 72 heavy (non-hydrogen) atoms. The zero-order valence-electron chi connectivity index (χ0n) is 50.2. The van der Waals surface area contributed by atoms with Crippen molar-refractivity contribution in [3.63, 3.8) is 0 Å². The van der Waals surface area contributed by atoms with Crippen molar-refractivity contribution in [1.82, 2.24) is 0 Å². The molecule has 1 aliphatic carbocycles. The first kappa shape index (κ1) is 76.7. The zero-order chi connectivity index (χ0) is 53.7. The molecule has 0 radical (unpaired) electrons. The van der Waals surface area contributed by atoms with Gasteiger partial charge in [0, 0.05) is 6.04 Å². The summed E-state index contributed by atoms with van der Waals surface area (Å²) < 4.78 is 0. The molecule has 5 nitrogen and oxygen atoms in total. The molecular weight excluding hydrogens is 875 g/mol. The Kier molecular flexibility index (Phi) is 80.7. The summed E-state index contributed by atoms with van der Waals surface area (Å²) in [6.07, 6.45) is 60.2. The number of hydrogen-bond acceptors (Lipinski definition) is 5. The summed E-state index contributed by atoms with van der Waals surface area (Å²) in [4.78, 5) is 0. The largest absolute Gasteiger partial charge is 0.330 e. The van der Waals surface area contributed by atoms with Crippen molar-refractivity contribution in [2.24, 2.45) is 28.7 Å². The highest BCUT2D eigenvalue weighted by Crippen LogP contribution is 2.16. The predicted molar refractivity (Wildman–Crippen MR) is 332 cm³/mol. The Hall–Kier alpha value is -1.76. The van der Waals surface area contributed by atoms with E-state index >= 15 is 0 Å². The third kappa shape index (κ3) is 77.1. The lowest BCUT2D eigenvalue weighted by molar-refractivity contribution is 0.441. The van der Waals surface area contributed by atoms with E-state index in [4.69, 9.17) is 28.7 Å². The fourth-order valence-electron chi connectivity index (χ4n) is 8.56. The van der Waals surface area contributed by atoms with Crippen LogP contribution in [0.5, 0.6) is 0 Å². The van der Waals surface area contributed by atoms with E-state index in [2.05, 4.69) is 90.1 Å². The van der Waals surface area contributed by atoms with Crippen molar-refractivity contribution >= 4 is 0 Å². The van der Waals surface area contributed by atoms with Gasteiger partial charge in [-0.3, -0.25) is 0 Å². The van der Waals surface area contributed by atoms with Crippen molar-refractivity contribution in [3.8, 4) is 0 Å². The molecule has 3 rings (SSSR count). The topological polar surface area (TPSA) is 130 Å². The number of hydrogen-bond donors (Lipinski definition) is 5. The first-order valence-corrected chi connectivity index (χ1v) is 32.1. The van der Waals surface area contributed by atoms with Gasteiger partial charge in [0.15, 0.2) is 0 Å². The molecule has 0 atom stereocenters. The summed E-state index contributed by atoms with van der Waals surface area (Å²) in [6, 6.07) is 21.5. The quantitative estimate of drug-likeness (QED) is 0.0426. The fraction of sp³-hybridized carbons (Fsp3) is 0.821. The Morgan fingerprint density at radius 1 is 0.278 bits per heavy atom. The Balaban J connectivity index is -0.000000389. The number of benzene rings is 2. The zero-order valence-corrected chi connectivity index (χ0v) is 50.2. The van der Waals surface area contributed by atoms with Crippen LogP contribution in [-0.2, 0) is 12.8 Å². The van der Waals surface area contributed by atoms with Gasteiger partial charge in [0.25, 0.3) is 0 Å². The van der Waals surface area contributed by atoms with Crippen molar-refractivity contribution < 1.29 is 0 Å². The van der Waals surface area contributed by atoms with Crippen LogP contribution in [0.4, 0.5) is 0 Å². The van der Waals surface area contributed by atoms with Crippen LogP contribution >= 0.6 is 0 Å². The van der Waals surface area contributed by atoms with E-state index in [9.17, 15) is 0 Å². The highest BCUT2D eigenvalue weighted by Gasteiger charge is 2.06. The lowest BCUT2D eigenvalue weighted by Gasteiger charge is -2.15. The van der Waals surface area contributed by atoms with Crippen LogP contribution in [0.15, 0.2) is 60.7 Å². The molecular formula is C67H135N5. The molecule has 0 amide bonds. The van der Waals surface area contributed by atoms with Gasteiger partial charge < -0.3 is 28.7 Å². The van der Waals surface area contributed by atoms with Crippen LogP contribution in [0.3, 0.4) is 0 Å². The molecule has 1 saturated carbocycles. The lowest BCUT2D eigenvalue weighted by Crippen LogP contribution is -2.22. The second-order valence-corrected chi connectivity index (χ2v) is 21.0. The number of rotatable bonds is 39. The second kappa shape index (κ2) is 75.8. The van der Waals surface area contributed by atoms with E-state index < -0.39 is 0 Å². The van der Waals surface area contributed by atoms with Crippen LogP contribution in [0.1, 0.15) is 322 Å². The minimum atomic E-state index is 0.536. The fourth-order valence-corrected chi connectivity index (χ4v) is 8.56. The van der Waals surface area contributed by atoms with Gasteiger partial charge in [0.1, 0.15) is 0 Å². The summed E-state index contributed by atoms with van der Waals surface area (Å²) in [7, 11) is 0. The molecule has 0 aromatic heterocycles. The molecule has 0 heterocycles. The first-order chi connectivity index (χ1) is 35.4. The van der Waals surface area contributed by atoms with Crippen LogP contribution in [0, 0.1) is 0 Å². The standard InChI is InChI=1S/C18H39N.C12H27N.C10H15N.C9H13N.C7H16.C6H13N.C5H12/c1-2-3-4-5-6-7-8-9-10-11-12-13-14-15-16-17-18-19;1-2-3-4-5-6-7-8-9-10-11-12-13;11-9-5-4-8-10-6-2-1-3-7-10;10-8-4-7-9-5-2-1-3-6-9;1-3-5-7-6-4-2;7-6-4-2-1-3-5-6;1-3-5-4-2/h2-19H2,1H3;2-13H2,1H3;1-3,6-7H,4-5,8-9,11H2;1-3,5-6H,4,7-8,10H2;3-7H2,1-2H3;6H,1-5,7H2;3-5H2,1-2H3. The minimum Gasteiger partial charge on any atom is -0.330 e. The molecule has 0 bridgehead atoms. The molecule has 2 aromatic carbocycles. The van der Waals surface area contributed by atoms with Crippen molar-refractivity contribution in [3.05, 3.63) is 71.8 Å². The van der Waals surface area contributed by atoms with Gasteiger partial charge >= 0.3 is 0 Å².